The summed E-state index contributed by atoms with van der Waals surface area (Å²) in [7, 11) is 0. The zero-order valence-electron chi connectivity index (χ0n) is 32.7. The first-order valence-corrected chi connectivity index (χ1v) is 18.3. The standard InChI is InChI=1S/C24BF20.C20H20N/c26-5-1(6(27)14(35)21(42)13(5)34)25(2-7(28)15(36)22(43)16(37)8(2)29,3-9(30)17(38)23(44)18(39)10(3)31)4-11(32)19(40)24(45)20(41)12(4)33;1-16-7-6-10-20(17(16)2)19-11-13-21(14-12-19)15-18-8-4-3-5-9-18/h;3-14H,15H2,1-2H3/q-1;+1. The first-order chi connectivity index (χ1) is 30.9. The molecule has 1 aromatic heterocycles. The van der Waals surface area contributed by atoms with E-state index in [1.807, 2.05) is 0 Å². The minimum absolute atomic E-state index is 0.911. The molecule has 66 heavy (non-hydrogen) atoms. The molecule has 7 rings (SSSR count). The second-order valence-electron chi connectivity index (χ2n) is 14.3. The maximum absolute atomic E-state index is 15.4. The van der Waals surface area contributed by atoms with Gasteiger partial charge in [-0.1, -0.05) is 48.5 Å². The molecule has 1 nitrogen and oxygen atoms in total. The van der Waals surface area contributed by atoms with Gasteiger partial charge >= 0.3 is 0 Å². The Balaban J connectivity index is 0.000000284. The Morgan fingerprint density at radius 3 is 0.924 bits per heavy atom. The largest absolute Gasteiger partial charge is 0.207 e. The van der Waals surface area contributed by atoms with Gasteiger partial charge in [0.25, 0.3) is 0 Å². The third-order valence-corrected chi connectivity index (χ3v) is 10.7. The van der Waals surface area contributed by atoms with Crippen molar-refractivity contribution in [2.45, 2.75) is 20.4 Å². The van der Waals surface area contributed by atoms with Crippen molar-refractivity contribution in [2.24, 2.45) is 0 Å². The Hall–Kier alpha value is -6.87. The van der Waals surface area contributed by atoms with E-state index in [0.29, 0.717) is 0 Å². The summed E-state index contributed by atoms with van der Waals surface area (Å²) >= 11 is 0. The van der Waals surface area contributed by atoms with Gasteiger partial charge in [0, 0.05) is 17.7 Å². The molecule has 0 atom stereocenters. The number of benzene rings is 6. The average molecular weight is 953 g/mol. The van der Waals surface area contributed by atoms with Gasteiger partial charge in [-0.05, 0) is 36.1 Å². The van der Waals surface area contributed by atoms with Crippen molar-refractivity contribution in [1.82, 2.24) is 0 Å². The SMILES string of the molecule is Cc1cccc(-c2cc[n+](Cc3ccccc3)cc2)c1C.Fc1c(F)c(F)c([B-](c2c(F)c(F)c(F)c(F)c2F)(c2c(F)c(F)c(F)c(F)c2F)c2c(F)c(F)c(F)c(F)c2F)c(F)c1F. The molecule has 0 N–H and O–H groups in total. The zero-order valence-corrected chi connectivity index (χ0v) is 32.7. The molecule has 0 amide bonds. The van der Waals surface area contributed by atoms with Crippen molar-refractivity contribution in [2.75, 3.05) is 0 Å². The van der Waals surface area contributed by atoms with Crippen LogP contribution in [0.15, 0.2) is 73.1 Å². The molecule has 1 heterocycles. The number of nitrogens with zero attached hydrogens (tertiary/aromatic N) is 1. The van der Waals surface area contributed by atoms with E-state index >= 15 is 35.1 Å². The lowest BCUT2D eigenvalue weighted by Gasteiger charge is -2.44. The number of hydrogen-bond donors (Lipinski definition) is 0. The first-order valence-electron chi connectivity index (χ1n) is 18.3. The van der Waals surface area contributed by atoms with Crippen molar-refractivity contribution in [1.29, 1.82) is 0 Å². The predicted octanol–water partition coefficient (Wildman–Crippen LogP) is 10.2. The van der Waals surface area contributed by atoms with Crippen LogP contribution in [0.5, 0.6) is 0 Å². The van der Waals surface area contributed by atoms with Gasteiger partial charge in [-0.25, -0.2) is 92.4 Å². The number of aryl methyl sites for hydroxylation is 1. The second kappa shape index (κ2) is 18.2. The fourth-order valence-corrected chi connectivity index (χ4v) is 7.47. The van der Waals surface area contributed by atoms with Crippen LogP contribution < -0.4 is 26.4 Å². The van der Waals surface area contributed by atoms with Crippen LogP contribution >= 0.6 is 0 Å². The smallest absolute Gasteiger partial charge is 0.200 e. The highest BCUT2D eigenvalue weighted by Crippen LogP contribution is 2.31. The second-order valence-corrected chi connectivity index (χ2v) is 14.3. The van der Waals surface area contributed by atoms with Crippen LogP contribution in [0.4, 0.5) is 87.8 Å². The highest BCUT2D eigenvalue weighted by molar-refractivity contribution is 7.20. The summed E-state index contributed by atoms with van der Waals surface area (Å²) in [6.45, 7) is 5.26. The Labute approximate surface area is 357 Å². The monoisotopic (exact) mass is 953 g/mol. The van der Waals surface area contributed by atoms with Crippen LogP contribution in [0.3, 0.4) is 0 Å². The number of aromatic nitrogens is 1. The molecule has 0 aliphatic heterocycles. The van der Waals surface area contributed by atoms with Crippen LogP contribution in [0.2, 0.25) is 0 Å². The number of rotatable bonds is 7. The zero-order chi connectivity index (χ0) is 49.0. The lowest BCUT2D eigenvalue weighted by atomic mass is 9.12. The van der Waals surface area contributed by atoms with Gasteiger partial charge in [0.15, 0.2) is 88.7 Å². The van der Waals surface area contributed by atoms with E-state index in [9.17, 15) is 52.7 Å². The topological polar surface area (TPSA) is 3.88 Å². The maximum atomic E-state index is 15.4. The van der Waals surface area contributed by atoms with E-state index in [2.05, 4.69) is 91.5 Å². The molecule has 0 fully saturated rings. The quantitative estimate of drug-likeness (QED) is 0.0493. The molecule has 0 saturated heterocycles. The van der Waals surface area contributed by atoms with Gasteiger partial charge in [-0.3, -0.25) is 0 Å². The lowest BCUT2D eigenvalue weighted by molar-refractivity contribution is -0.688. The fourth-order valence-electron chi connectivity index (χ4n) is 7.47. The van der Waals surface area contributed by atoms with Crippen LogP contribution in [-0.4, -0.2) is 6.15 Å². The van der Waals surface area contributed by atoms with E-state index in [4.69, 9.17) is 0 Å². The molecule has 22 heteroatoms. The summed E-state index contributed by atoms with van der Waals surface area (Å²) in [4.78, 5) is 0. The highest BCUT2D eigenvalue weighted by Gasteiger charge is 2.52. The summed E-state index contributed by atoms with van der Waals surface area (Å²) in [6.07, 6.45) is -2.90. The maximum Gasteiger partial charge on any atom is 0.200 e. The van der Waals surface area contributed by atoms with Gasteiger partial charge < -0.3 is 0 Å². The van der Waals surface area contributed by atoms with E-state index in [0.717, 1.165) is 6.54 Å². The molecule has 7 aromatic rings. The molecular formula is C44H20BF20N. The molecular weight excluding hydrogens is 933 g/mol. The minimum Gasteiger partial charge on any atom is -0.207 e. The average Bonchev–Trinajstić information content (AvgIpc) is 3.30. The number of halogens is 20. The first kappa shape index (κ1) is 48.6. The number of pyridine rings is 1. The van der Waals surface area contributed by atoms with Crippen LogP contribution in [-0.2, 0) is 6.54 Å². The number of hydrogen-bond acceptors (Lipinski definition) is 0. The van der Waals surface area contributed by atoms with Crippen molar-refractivity contribution in [3.63, 3.8) is 0 Å². The normalized spacial score (nSPS) is 11.5. The molecule has 0 saturated carbocycles. The van der Waals surface area contributed by atoms with Crippen LogP contribution in [0.1, 0.15) is 16.7 Å². The highest BCUT2D eigenvalue weighted by atomic mass is 19.2. The van der Waals surface area contributed by atoms with Crippen molar-refractivity contribution in [3.8, 4) is 11.1 Å². The van der Waals surface area contributed by atoms with Crippen molar-refractivity contribution < 1.29 is 92.4 Å². The Morgan fingerprint density at radius 2 is 0.621 bits per heavy atom. The Kier molecular flexibility index (Phi) is 13.4. The summed E-state index contributed by atoms with van der Waals surface area (Å²) < 4.78 is 296. The van der Waals surface area contributed by atoms with Gasteiger partial charge in [0.05, 0.1) is 0 Å². The molecule has 0 aliphatic carbocycles. The Bertz CT molecular complexity index is 2690. The Morgan fingerprint density at radius 1 is 0.333 bits per heavy atom. The molecule has 0 radical (unpaired) electrons. The van der Waals surface area contributed by atoms with Gasteiger partial charge in [-0.2, -0.15) is 0 Å². The van der Waals surface area contributed by atoms with Gasteiger partial charge in [-0.15, -0.1) is 21.9 Å². The molecule has 0 spiro atoms. The minimum atomic E-state index is -7.22. The third kappa shape index (κ3) is 7.68. The molecule has 344 valence electrons. The van der Waals surface area contributed by atoms with Crippen molar-refractivity contribution >= 4 is 28.0 Å². The molecule has 0 aliphatic rings. The molecule has 6 aromatic carbocycles. The molecule has 0 bridgehead atoms. The van der Waals surface area contributed by atoms with Crippen molar-refractivity contribution in [3.05, 3.63) is 206 Å². The van der Waals surface area contributed by atoms with Crippen LogP contribution in [0, 0.1) is 130 Å². The van der Waals surface area contributed by atoms with Gasteiger partial charge in [0.1, 0.15) is 52.7 Å². The van der Waals surface area contributed by atoms with Gasteiger partial charge in [0.2, 0.25) is 0 Å². The summed E-state index contributed by atoms with van der Waals surface area (Å²) in [5, 5.41) is 0. The van der Waals surface area contributed by atoms with Crippen LogP contribution in [0.25, 0.3) is 11.1 Å². The molecule has 0 unspecified atom stereocenters. The van der Waals surface area contributed by atoms with E-state index in [-0.39, 0.29) is 0 Å². The fraction of sp³-hybridized carbons (Fsp3) is 0.0682. The lowest BCUT2D eigenvalue weighted by Crippen LogP contribution is -2.81. The summed E-state index contributed by atoms with van der Waals surface area (Å²) in [6, 6.07) is 21.4. The third-order valence-electron chi connectivity index (χ3n) is 10.7. The predicted molar refractivity (Wildman–Crippen MR) is 196 cm³/mol. The summed E-state index contributed by atoms with van der Waals surface area (Å²) in [5.41, 5.74) is -7.71. The van der Waals surface area contributed by atoms with E-state index in [1.165, 1.54) is 27.8 Å². The summed E-state index contributed by atoms with van der Waals surface area (Å²) in [5.74, 6) is -71.4. The van der Waals surface area contributed by atoms with E-state index in [1.54, 1.807) is 0 Å². The van der Waals surface area contributed by atoms with E-state index < -0.39 is 144 Å².